The highest BCUT2D eigenvalue weighted by atomic mass is 16.5. The zero-order valence-corrected chi connectivity index (χ0v) is 14.2. The lowest BCUT2D eigenvalue weighted by molar-refractivity contribution is 0.356. The quantitative estimate of drug-likeness (QED) is 0.570. The van der Waals surface area contributed by atoms with Gasteiger partial charge in [-0.3, -0.25) is 0 Å². The van der Waals surface area contributed by atoms with Gasteiger partial charge in [-0.2, -0.15) is 5.10 Å². The molecular weight excluding hydrogens is 318 g/mol. The number of methoxy groups -OCH3 is 3. The Morgan fingerprint density at radius 1 is 0.840 bits per heavy atom. The van der Waals surface area contributed by atoms with E-state index in [1.54, 1.807) is 25.8 Å². The van der Waals surface area contributed by atoms with Crippen molar-refractivity contribution in [1.82, 2.24) is 14.6 Å². The molecule has 0 aliphatic carbocycles. The zero-order chi connectivity index (χ0) is 17.4. The van der Waals surface area contributed by atoms with Gasteiger partial charge in [0.2, 0.25) is 0 Å². The molecule has 0 atom stereocenters. The third-order valence-corrected chi connectivity index (χ3v) is 4.19. The van der Waals surface area contributed by atoms with Crippen molar-refractivity contribution >= 4 is 16.6 Å². The van der Waals surface area contributed by atoms with Crippen LogP contribution in [0.2, 0.25) is 0 Å². The van der Waals surface area contributed by atoms with E-state index in [4.69, 9.17) is 14.2 Å². The molecule has 0 radical (unpaired) electrons. The molecule has 0 unspecified atom stereocenters. The summed E-state index contributed by atoms with van der Waals surface area (Å²) in [6.07, 6.45) is 3.80. The molecule has 0 spiro atoms. The van der Waals surface area contributed by atoms with Gasteiger partial charge in [0.15, 0.2) is 17.1 Å². The number of hydrogen-bond acceptors (Lipinski definition) is 5. The first kappa shape index (κ1) is 15.3. The fourth-order valence-corrected chi connectivity index (χ4v) is 2.86. The maximum Gasteiger partial charge on any atom is 0.163 e. The number of hydrogen-bond donors (Lipinski definition) is 0. The molecule has 2 heterocycles. The van der Waals surface area contributed by atoms with E-state index in [1.807, 2.05) is 48.8 Å². The lowest BCUT2D eigenvalue weighted by atomic mass is 10.1. The number of ether oxygens (including phenoxy) is 3. The summed E-state index contributed by atoms with van der Waals surface area (Å²) < 4.78 is 17.7. The molecule has 0 fully saturated rings. The highest BCUT2D eigenvalue weighted by molar-refractivity contribution is 5.94. The first-order valence-electron chi connectivity index (χ1n) is 7.78. The molecule has 25 heavy (non-hydrogen) atoms. The molecule has 0 amide bonds. The minimum Gasteiger partial charge on any atom is -0.497 e. The molecule has 2 aromatic heterocycles. The van der Waals surface area contributed by atoms with Crippen LogP contribution in [0.25, 0.3) is 27.7 Å². The summed E-state index contributed by atoms with van der Waals surface area (Å²) in [5.74, 6) is 2.13. The number of aromatic nitrogens is 3. The Morgan fingerprint density at radius 3 is 2.24 bits per heavy atom. The molecule has 6 heteroatoms. The fraction of sp³-hybridized carbons (Fsp3) is 0.158. The van der Waals surface area contributed by atoms with Crippen LogP contribution in [0, 0.1) is 0 Å². The summed E-state index contributed by atoms with van der Waals surface area (Å²) in [6.45, 7) is 0. The lowest BCUT2D eigenvalue weighted by Crippen LogP contribution is -1.91. The van der Waals surface area contributed by atoms with Crippen LogP contribution in [0.5, 0.6) is 17.2 Å². The minimum absolute atomic E-state index is 0.647. The average molecular weight is 335 g/mol. The number of fused-ring (bicyclic) bond motifs is 3. The monoisotopic (exact) mass is 335 g/mol. The second-order valence-electron chi connectivity index (χ2n) is 5.56. The Morgan fingerprint density at radius 2 is 1.56 bits per heavy atom. The summed E-state index contributed by atoms with van der Waals surface area (Å²) in [5, 5.41) is 5.53. The van der Waals surface area contributed by atoms with Crippen molar-refractivity contribution in [3.05, 3.63) is 48.8 Å². The van der Waals surface area contributed by atoms with Crippen LogP contribution in [-0.4, -0.2) is 35.9 Å². The fourth-order valence-electron chi connectivity index (χ4n) is 2.86. The Hall–Kier alpha value is -3.28. The van der Waals surface area contributed by atoms with Crippen molar-refractivity contribution in [3.63, 3.8) is 0 Å². The topological polar surface area (TPSA) is 57.9 Å². The smallest absolute Gasteiger partial charge is 0.163 e. The van der Waals surface area contributed by atoms with Gasteiger partial charge in [-0.05, 0) is 23.8 Å². The van der Waals surface area contributed by atoms with Crippen molar-refractivity contribution < 1.29 is 14.2 Å². The normalized spacial score (nSPS) is 11.0. The van der Waals surface area contributed by atoms with E-state index in [0.29, 0.717) is 11.5 Å². The van der Waals surface area contributed by atoms with Crippen molar-refractivity contribution in [1.29, 1.82) is 0 Å². The first-order chi connectivity index (χ1) is 12.2. The summed E-state index contributed by atoms with van der Waals surface area (Å²) in [4.78, 5) is 4.59. The van der Waals surface area contributed by atoms with Gasteiger partial charge in [-0.1, -0.05) is 12.1 Å². The molecule has 6 nitrogen and oxygen atoms in total. The van der Waals surface area contributed by atoms with Gasteiger partial charge in [0.1, 0.15) is 5.75 Å². The molecule has 0 saturated carbocycles. The molecular formula is C19H17N3O3. The van der Waals surface area contributed by atoms with Gasteiger partial charge in [0, 0.05) is 24.0 Å². The third kappa shape index (κ3) is 2.52. The lowest BCUT2D eigenvalue weighted by Gasteiger charge is -2.06. The molecule has 4 aromatic rings. The second-order valence-corrected chi connectivity index (χ2v) is 5.56. The van der Waals surface area contributed by atoms with E-state index in [0.717, 1.165) is 33.4 Å². The predicted molar refractivity (Wildman–Crippen MR) is 95.6 cm³/mol. The van der Waals surface area contributed by atoms with Gasteiger partial charge in [-0.25, -0.2) is 9.50 Å². The Bertz CT molecular complexity index is 1060. The molecule has 4 rings (SSSR count). The van der Waals surface area contributed by atoms with Gasteiger partial charge in [0.05, 0.1) is 32.2 Å². The van der Waals surface area contributed by atoms with Crippen LogP contribution in [0.3, 0.4) is 0 Å². The van der Waals surface area contributed by atoms with Crippen molar-refractivity contribution in [2.45, 2.75) is 0 Å². The Kier molecular flexibility index (Phi) is 3.65. The molecule has 2 aromatic carbocycles. The van der Waals surface area contributed by atoms with Gasteiger partial charge in [0.25, 0.3) is 0 Å². The molecule has 0 aliphatic heterocycles. The van der Waals surface area contributed by atoms with E-state index in [9.17, 15) is 0 Å². The maximum absolute atomic E-state index is 5.38. The number of benzene rings is 2. The average Bonchev–Trinajstić information content (AvgIpc) is 3.03. The second kappa shape index (κ2) is 5.98. The number of rotatable bonds is 4. The number of nitrogens with zero attached hydrogens (tertiary/aromatic N) is 3. The molecule has 0 aliphatic rings. The van der Waals surface area contributed by atoms with Crippen molar-refractivity contribution in [2.75, 3.05) is 21.3 Å². The van der Waals surface area contributed by atoms with Crippen LogP contribution >= 0.6 is 0 Å². The van der Waals surface area contributed by atoms with Crippen LogP contribution in [0.15, 0.2) is 48.8 Å². The van der Waals surface area contributed by atoms with E-state index in [-0.39, 0.29) is 0 Å². The van der Waals surface area contributed by atoms with E-state index >= 15 is 0 Å². The molecule has 126 valence electrons. The minimum atomic E-state index is 0.647. The Balaban J connectivity index is 1.86. The van der Waals surface area contributed by atoms with Gasteiger partial charge >= 0.3 is 0 Å². The summed E-state index contributed by atoms with van der Waals surface area (Å²) >= 11 is 0. The SMILES string of the molecule is COc1ccc(-c2cnc3c4cc(OC)c(OC)cc4nn3c2)cc1. The van der Waals surface area contributed by atoms with Crippen molar-refractivity contribution in [2.24, 2.45) is 0 Å². The summed E-state index contributed by atoms with van der Waals surface area (Å²) in [5.41, 5.74) is 3.59. The highest BCUT2D eigenvalue weighted by Gasteiger charge is 2.13. The maximum atomic E-state index is 5.38. The summed E-state index contributed by atoms with van der Waals surface area (Å²) in [7, 11) is 4.88. The van der Waals surface area contributed by atoms with E-state index in [2.05, 4.69) is 10.1 Å². The highest BCUT2D eigenvalue weighted by Crippen LogP contribution is 2.33. The zero-order valence-electron chi connectivity index (χ0n) is 14.2. The van der Waals surface area contributed by atoms with Crippen LogP contribution < -0.4 is 14.2 Å². The largest absolute Gasteiger partial charge is 0.497 e. The predicted octanol–water partition coefficient (Wildman–Crippen LogP) is 3.58. The van der Waals surface area contributed by atoms with Crippen LogP contribution in [-0.2, 0) is 0 Å². The molecule has 0 saturated heterocycles. The third-order valence-electron chi connectivity index (χ3n) is 4.19. The van der Waals surface area contributed by atoms with E-state index in [1.165, 1.54) is 0 Å². The first-order valence-corrected chi connectivity index (χ1v) is 7.78. The molecule has 0 bridgehead atoms. The van der Waals surface area contributed by atoms with Gasteiger partial charge < -0.3 is 14.2 Å². The Labute approximate surface area is 144 Å². The van der Waals surface area contributed by atoms with Crippen molar-refractivity contribution in [3.8, 4) is 28.4 Å². The van der Waals surface area contributed by atoms with E-state index < -0.39 is 0 Å². The van der Waals surface area contributed by atoms with Crippen LogP contribution in [0.4, 0.5) is 0 Å². The standard InChI is InChI=1S/C19H17N3O3/c1-23-14-6-4-12(5-7-14)13-10-20-19-15-8-17(24-2)18(25-3)9-16(15)21-22(19)11-13/h4-11H,1-3H3. The summed E-state index contributed by atoms with van der Waals surface area (Å²) in [6, 6.07) is 11.6. The van der Waals surface area contributed by atoms with Crippen LogP contribution in [0.1, 0.15) is 0 Å². The molecule has 0 N–H and O–H groups in total. The van der Waals surface area contributed by atoms with Gasteiger partial charge in [-0.15, -0.1) is 0 Å².